The molecule has 9 heteroatoms. The summed E-state index contributed by atoms with van der Waals surface area (Å²) in [6, 6.07) is 17.5. The van der Waals surface area contributed by atoms with E-state index in [2.05, 4.69) is 21.2 Å². The average molecular weight is 485 g/mol. The summed E-state index contributed by atoms with van der Waals surface area (Å²) >= 11 is 1.65. The van der Waals surface area contributed by atoms with E-state index in [1.54, 1.807) is 16.2 Å². The molecular weight excluding hydrogens is 460 g/mol. The molecule has 0 spiro atoms. The van der Waals surface area contributed by atoms with Crippen molar-refractivity contribution in [3.63, 3.8) is 0 Å². The second kappa shape index (κ2) is 9.09. The second-order valence-electron chi connectivity index (χ2n) is 8.56. The third kappa shape index (κ3) is 4.13. The van der Waals surface area contributed by atoms with Crippen LogP contribution in [0, 0.1) is 0 Å². The zero-order chi connectivity index (χ0) is 23.8. The van der Waals surface area contributed by atoms with Crippen LogP contribution in [0.25, 0.3) is 32.5 Å². The van der Waals surface area contributed by atoms with Crippen LogP contribution in [0.3, 0.4) is 0 Å². The maximum Gasteiger partial charge on any atom is 0.253 e. The average Bonchev–Trinajstić information content (AvgIpc) is 3.55. The number of hydrogen-bond donors (Lipinski definition) is 1. The Hall–Kier alpha value is -3.82. The molecule has 0 radical (unpaired) electrons. The number of anilines is 1. The summed E-state index contributed by atoms with van der Waals surface area (Å²) in [5.41, 5.74) is 3.46. The number of nitrogens with one attached hydrogen (secondary N) is 1. The summed E-state index contributed by atoms with van der Waals surface area (Å²) in [4.78, 5) is 28.0. The fraction of sp³-hybridized carbons (Fsp3) is 0.231. The Kier molecular flexibility index (Phi) is 5.63. The molecule has 35 heavy (non-hydrogen) atoms. The van der Waals surface area contributed by atoms with Gasteiger partial charge >= 0.3 is 0 Å². The normalized spacial score (nSPS) is 14.0. The first kappa shape index (κ1) is 21.7. The van der Waals surface area contributed by atoms with E-state index in [0.717, 1.165) is 50.5 Å². The van der Waals surface area contributed by atoms with Crippen molar-refractivity contribution in [1.29, 1.82) is 0 Å². The molecule has 1 saturated heterocycles. The van der Waals surface area contributed by atoms with Gasteiger partial charge in [-0.1, -0.05) is 30.3 Å². The van der Waals surface area contributed by atoms with E-state index in [4.69, 9.17) is 14.7 Å². The molecule has 1 fully saturated rings. The Labute approximate surface area is 206 Å². The Bertz CT molecular complexity index is 1510. The molecule has 0 bridgehead atoms. The lowest BCUT2D eigenvalue weighted by molar-refractivity contribution is 0.0786. The van der Waals surface area contributed by atoms with Crippen LogP contribution in [-0.2, 0) is 11.3 Å². The van der Waals surface area contributed by atoms with Gasteiger partial charge in [0.2, 0.25) is 0 Å². The number of fused-ring (bicyclic) bond motifs is 2. The van der Waals surface area contributed by atoms with Gasteiger partial charge in [0, 0.05) is 41.5 Å². The molecule has 5 aromatic rings. The van der Waals surface area contributed by atoms with Crippen molar-refractivity contribution >= 4 is 44.2 Å². The SMILES string of the molecule is CN(Cc1cc2nc(-c3cccc4[nH]ncc34)nc(N3CCOCC3)c2s1)C(=O)c1ccccc1. The number of nitrogens with zero attached hydrogens (tertiary/aromatic N) is 5. The van der Waals surface area contributed by atoms with E-state index < -0.39 is 0 Å². The van der Waals surface area contributed by atoms with Crippen LogP contribution < -0.4 is 4.90 Å². The van der Waals surface area contributed by atoms with E-state index in [1.165, 1.54) is 0 Å². The number of morpholine rings is 1. The topological polar surface area (TPSA) is 87.2 Å². The van der Waals surface area contributed by atoms with Crippen molar-refractivity contribution in [3.05, 3.63) is 71.2 Å². The summed E-state index contributed by atoms with van der Waals surface area (Å²) in [6.07, 6.45) is 1.82. The summed E-state index contributed by atoms with van der Waals surface area (Å²) in [6.45, 7) is 3.40. The lowest BCUT2D eigenvalue weighted by atomic mass is 10.1. The molecule has 0 atom stereocenters. The first-order valence-corrected chi connectivity index (χ1v) is 12.3. The van der Waals surface area contributed by atoms with Gasteiger partial charge in [-0.3, -0.25) is 9.89 Å². The summed E-state index contributed by atoms with van der Waals surface area (Å²) in [5, 5.41) is 8.21. The minimum absolute atomic E-state index is 0.00475. The Morgan fingerprint density at radius 3 is 2.77 bits per heavy atom. The van der Waals surface area contributed by atoms with Crippen molar-refractivity contribution in [1.82, 2.24) is 25.1 Å². The number of aromatic nitrogens is 4. The minimum Gasteiger partial charge on any atom is -0.378 e. The summed E-state index contributed by atoms with van der Waals surface area (Å²) < 4.78 is 6.62. The maximum absolute atomic E-state index is 12.9. The Morgan fingerprint density at radius 2 is 1.94 bits per heavy atom. The van der Waals surface area contributed by atoms with Gasteiger partial charge < -0.3 is 14.5 Å². The minimum atomic E-state index is -0.00475. The smallest absolute Gasteiger partial charge is 0.253 e. The second-order valence-corrected chi connectivity index (χ2v) is 9.70. The molecule has 4 heterocycles. The lowest BCUT2D eigenvalue weighted by Crippen LogP contribution is -2.36. The monoisotopic (exact) mass is 484 g/mol. The fourth-order valence-corrected chi connectivity index (χ4v) is 5.59. The van der Waals surface area contributed by atoms with E-state index in [0.29, 0.717) is 31.1 Å². The van der Waals surface area contributed by atoms with E-state index >= 15 is 0 Å². The van der Waals surface area contributed by atoms with Crippen molar-refractivity contribution in [2.24, 2.45) is 0 Å². The molecule has 0 aliphatic carbocycles. The summed E-state index contributed by atoms with van der Waals surface area (Å²) in [5.74, 6) is 1.58. The molecule has 2 aromatic carbocycles. The van der Waals surface area contributed by atoms with Gasteiger partial charge in [0.1, 0.15) is 0 Å². The van der Waals surface area contributed by atoms with E-state index in [-0.39, 0.29) is 5.91 Å². The number of aromatic amines is 1. The maximum atomic E-state index is 12.9. The Balaban J connectivity index is 1.41. The van der Waals surface area contributed by atoms with Crippen LogP contribution in [0.2, 0.25) is 0 Å². The lowest BCUT2D eigenvalue weighted by Gasteiger charge is -2.28. The highest BCUT2D eigenvalue weighted by Crippen LogP contribution is 2.36. The van der Waals surface area contributed by atoms with Gasteiger partial charge in [0.15, 0.2) is 11.6 Å². The van der Waals surface area contributed by atoms with Gasteiger partial charge in [0.05, 0.1) is 41.7 Å². The number of benzene rings is 2. The van der Waals surface area contributed by atoms with Crippen LogP contribution in [0.4, 0.5) is 5.82 Å². The van der Waals surface area contributed by atoms with Gasteiger partial charge in [-0.25, -0.2) is 9.97 Å². The van der Waals surface area contributed by atoms with Crippen LogP contribution >= 0.6 is 11.3 Å². The number of carbonyl (C=O) groups is 1. The van der Waals surface area contributed by atoms with Crippen molar-refractivity contribution in [2.45, 2.75) is 6.54 Å². The molecule has 1 aliphatic heterocycles. The first-order chi connectivity index (χ1) is 17.2. The standard InChI is InChI=1S/C26H24N6O2S/c1-31(26(33)17-6-3-2-4-7-17)16-18-14-22-23(35-18)25(32-10-12-34-13-11-32)29-24(28-22)19-8-5-9-21-20(19)15-27-30-21/h2-9,14-15H,10-13,16H2,1H3,(H,27,30). The quantitative estimate of drug-likeness (QED) is 0.399. The molecular formula is C26H24N6O2S. The number of amides is 1. The number of rotatable bonds is 5. The van der Waals surface area contributed by atoms with Crippen molar-refractivity contribution < 1.29 is 9.53 Å². The molecule has 1 N–H and O–H groups in total. The first-order valence-electron chi connectivity index (χ1n) is 11.5. The number of hydrogen-bond acceptors (Lipinski definition) is 7. The number of carbonyl (C=O) groups excluding carboxylic acids is 1. The van der Waals surface area contributed by atoms with Crippen LogP contribution in [0.5, 0.6) is 0 Å². The molecule has 1 aliphatic rings. The van der Waals surface area contributed by atoms with E-state index in [9.17, 15) is 4.79 Å². The molecule has 3 aromatic heterocycles. The predicted octanol–water partition coefficient (Wildman–Crippen LogP) is 4.34. The molecule has 8 nitrogen and oxygen atoms in total. The zero-order valence-corrected chi connectivity index (χ0v) is 20.1. The van der Waals surface area contributed by atoms with E-state index in [1.807, 2.05) is 61.8 Å². The molecule has 0 unspecified atom stereocenters. The van der Waals surface area contributed by atoms with Gasteiger partial charge in [0.25, 0.3) is 5.91 Å². The summed E-state index contributed by atoms with van der Waals surface area (Å²) in [7, 11) is 1.83. The molecule has 0 saturated carbocycles. The van der Waals surface area contributed by atoms with Crippen molar-refractivity contribution in [3.8, 4) is 11.4 Å². The van der Waals surface area contributed by atoms with Gasteiger partial charge in [-0.05, 0) is 24.3 Å². The van der Waals surface area contributed by atoms with Gasteiger partial charge in [-0.2, -0.15) is 5.10 Å². The van der Waals surface area contributed by atoms with Crippen LogP contribution in [-0.4, -0.2) is 64.3 Å². The predicted molar refractivity (Wildman–Crippen MR) is 138 cm³/mol. The Morgan fingerprint density at radius 1 is 1.11 bits per heavy atom. The largest absolute Gasteiger partial charge is 0.378 e. The number of ether oxygens (including phenoxy) is 1. The molecule has 6 rings (SSSR count). The fourth-order valence-electron chi connectivity index (χ4n) is 4.42. The van der Waals surface area contributed by atoms with Crippen LogP contribution in [0.1, 0.15) is 15.2 Å². The molecule has 176 valence electrons. The highest BCUT2D eigenvalue weighted by molar-refractivity contribution is 7.19. The highest BCUT2D eigenvalue weighted by Gasteiger charge is 2.22. The third-order valence-electron chi connectivity index (χ3n) is 6.20. The number of H-pyrrole nitrogens is 1. The van der Waals surface area contributed by atoms with Gasteiger partial charge in [-0.15, -0.1) is 11.3 Å². The van der Waals surface area contributed by atoms with Crippen molar-refractivity contribution in [2.75, 3.05) is 38.3 Å². The van der Waals surface area contributed by atoms with Crippen LogP contribution in [0.15, 0.2) is 60.8 Å². The molecule has 1 amide bonds. The third-order valence-corrected chi connectivity index (χ3v) is 7.31. The zero-order valence-electron chi connectivity index (χ0n) is 19.3. The number of thiophene rings is 1. The highest BCUT2D eigenvalue weighted by atomic mass is 32.1.